The molecule has 0 bridgehead atoms. The van der Waals surface area contributed by atoms with Gasteiger partial charge in [0.1, 0.15) is 0 Å². The van der Waals surface area contributed by atoms with Gasteiger partial charge in [0.25, 0.3) is 0 Å². The highest BCUT2D eigenvalue weighted by Crippen LogP contribution is 2.14. The monoisotopic (exact) mass is 322 g/mol. The zero-order chi connectivity index (χ0) is 16.3. The highest BCUT2D eigenvalue weighted by Gasteiger charge is 2.10. The molecule has 0 aromatic heterocycles. The number of carboxylic acid groups (broad SMARTS) is 1. The Kier molecular flexibility index (Phi) is 9.77. The first-order valence-corrected chi connectivity index (χ1v) is 9.06. The standard InChI is InChI=1S/C13H26N2O5S/c1-3-11(5-6-12(16)17)7-8-14-13(18)15-9-10-21(19,20)4-2/h11H,3-10H2,1-2H3,(H,16,17)(H2,14,15,18). The number of rotatable bonds is 11. The maximum atomic E-state index is 11.4. The van der Waals surface area contributed by atoms with Crippen LogP contribution < -0.4 is 10.6 Å². The van der Waals surface area contributed by atoms with E-state index in [1.54, 1.807) is 6.92 Å². The number of sulfone groups is 1. The molecule has 0 rings (SSSR count). The molecule has 21 heavy (non-hydrogen) atoms. The van der Waals surface area contributed by atoms with Gasteiger partial charge in [0.05, 0.1) is 5.75 Å². The molecule has 0 aliphatic rings. The van der Waals surface area contributed by atoms with Crippen molar-refractivity contribution in [3.63, 3.8) is 0 Å². The summed E-state index contributed by atoms with van der Waals surface area (Å²) >= 11 is 0. The smallest absolute Gasteiger partial charge is 0.314 e. The van der Waals surface area contributed by atoms with E-state index in [1.807, 2.05) is 6.92 Å². The van der Waals surface area contributed by atoms with E-state index in [1.165, 1.54) is 0 Å². The molecular formula is C13H26N2O5S. The van der Waals surface area contributed by atoms with E-state index in [0.717, 1.165) is 6.42 Å². The van der Waals surface area contributed by atoms with Crippen LogP contribution in [0.25, 0.3) is 0 Å². The van der Waals surface area contributed by atoms with Crippen LogP contribution >= 0.6 is 0 Å². The Hall–Kier alpha value is -1.31. The Balaban J connectivity index is 3.80. The molecule has 0 aromatic carbocycles. The number of urea groups is 1. The first-order valence-electron chi connectivity index (χ1n) is 7.24. The van der Waals surface area contributed by atoms with E-state index in [0.29, 0.717) is 19.4 Å². The van der Waals surface area contributed by atoms with Crippen LogP contribution in [0.4, 0.5) is 4.79 Å². The van der Waals surface area contributed by atoms with Gasteiger partial charge < -0.3 is 15.7 Å². The van der Waals surface area contributed by atoms with Crippen molar-refractivity contribution in [3.8, 4) is 0 Å². The summed E-state index contributed by atoms with van der Waals surface area (Å²) < 4.78 is 22.5. The molecule has 1 unspecified atom stereocenters. The highest BCUT2D eigenvalue weighted by molar-refractivity contribution is 7.91. The maximum Gasteiger partial charge on any atom is 0.314 e. The molecule has 0 heterocycles. The van der Waals surface area contributed by atoms with Gasteiger partial charge in [-0.3, -0.25) is 4.79 Å². The van der Waals surface area contributed by atoms with Crippen LogP contribution in [-0.2, 0) is 14.6 Å². The quantitative estimate of drug-likeness (QED) is 0.525. The third kappa shape index (κ3) is 11.1. The van der Waals surface area contributed by atoms with Crippen molar-refractivity contribution in [1.29, 1.82) is 0 Å². The van der Waals surface area contributed by atoms with E-state index < -0.39 is 21.8 Å². The molecule has 124 valence electrons. The van der Waals surface area contributed by atoms with Crippen LogP contribution in [0.1, 0.15) is 39.5 Å². The summed E-state index contributed by atoms with van der Waals surface area (Å²) in [6, 6.07) is -0.394. The predicted octanol–water partition coefficient (Wildman–Crippen LogP) is 1.00. The highest BCUT2D eigenvalue weighted by atomic mass is 32.2. The first-order chi connectivity index (χ1) is 9.80. The Morgan fingerprint density at radius 2 is 1.71 bits per heavy atom. The fourth-order valence-electron chi connectivity index (χ4n) is 1.80. The molecule has 1 atom stereocenters. The minimum absolute atomic E-state index is 0.0624. The summed E-state index contributed by atoms with van der Waals surface area (Å²) in [4.78, 5) is 21.9. The number of nitrogens with one attached hydrogen (secondary N) is 2. The van der Waals surface area contributed by atoms with Crippen molar-refractivity contribution >= 4 is 21.8 Å². The summed E-state index contributed by atoms with van der Waals surface area (Å²) in [5.74, 6) is -0.538. The third-order valence-electron chi connectivity index (χ3n) is 3.32. The summed E-state index contributed by atoms with van der Waals surface area (Å²) in [7, 11) is -3.07. The van der Waals surface area contributed by atoms with Gasteiger partial charge in [-0.25, -0.2) is 13.2 Å². The fourth-order valence-corrected chi connectivity index (χ4v) is 2.50. The van der Waals surface area contributed by atoms with Crippen LogP contribution in [0.2, 0.25) is 0 Å². The number of amides is 2. The molecule has 7 nitrogen and oxygen atoms in total. The van der Waals surface area contributed by atoms with E-state index >= 15 is 0 Å². The molecule has 3 N–H and O–H groups in total. The second-order valence-electron chi connectivity index (χ2n) is 4.91. The normalized spacial score (nSPS) is 12.7. The second kappa shape index (κ2) is 10.4. The molecule has 0 aliphatic heterocycles. The van der Waals surface area contributed by atoms with Gasteiger partial charge >= 0.3 is 12.0 Å². The van der Waals surface area contributed by atoms with Crippen molar-refractivity contribution < 1.29 is 23.1 Å². The average molecular weight is 322 g/mol. The Labute approximate surface area is 126 Å². The van der Waals surface area contributed by atoms with Crippen molar-refractivity contribution in [2.24, 2.45) is 5.92 Å². The summed E-state index contributed by atoms with van der Waals surface area (Å²) in [6.07, 6.45) is 2.32. The molecule has 0 saturated heterocycles. The second-order valence-corrected chi connectivity index (χ2v) is 7.39. The Morgan fingerprint density at radius 3 is 2.24 bits per heavy atom. The van der Waals surface area contributed by atoms with Gasteiger partial charge in [0, 0.05) is 25.3 Å². The lowest BCUT2D eigenvalue weighted by atomic mass is 9.97. The number of aliphatic carboxylic acids is 1. The van der Waals surface area contributed by atoms with Crippen LogP contribution in [0.15, 0.2) is 0 Å². The molecule has 0 aromatic rings. The van der Waals surface area contributed by atoms with Gasteiger partial charge in [-0.1, -0.05) is 20.3 Å². The SMILES string of the molecule is CCC(CCNC(=O)NCCS(=O)(=O)CC)CCC(=O)O. The van der Waals surface area contributed by atoms with Crippen molar-refractivity contribution in [2.45, 2.75) is 39.5 Å². The molecular weight excluding hydrogens is 296 g/mol. The topological polar surface area (TPSA) is 113 Å². The van der Waals surface area contributed by atoms with E-state index in [9.17, 15) is 18.0 Å². The van der Waals surface area contributed by atoms with Gasteiger partial charge in [0.2, 0.25) is 0 Å². The number of carbonyl (C=O) groups is 2. The Morgan fingerprint density at radius 1 is 1.10 bits per heavy atom. The predicted molar refractivity (Wildman–Crippen MR) is 81.0 cm³/mol. The lowest BCUT2D eigenvalue weighted by molar-refractivity contribution is -0.137. The van der Waals surface area contributed by atoms with Gasteiger partial charge in [-0.2, -0.15) is 0 Å². The molecule has 0 spiro atoms. The van der Waals surface area contributed by atoms with Gasteiger partial charge in [-0.15, -0.1) is 0 Å². The Bertz CT molecular complexity index is 422. The zero-order valence-electron chi connectivity index (χ0n) is 12.7. The maximum absolute atomic E-state index is 11.4. The summed E-state index contributed by atoms with van der Waals surface area (Å²) in [5, 5.41) is 13.8. The number of hydrogen-bond donors (Lipinski definition) is 3. The molecule has 0 radical (unpaired) electrons. The summed E-state index contributed by atoms with van der Waals surface area (Å²) in [5.41, 5.74) is 0. The van der Waals surface area contributed by atoms with Crippen LogP contribution in [0.3, 0.4) is 0 Å². The van der Waals surface area contributed by atoms with Gasteiger partial charge in [-0.05, 0) is 18.8 Å². The molecule has 8 heteroatoms. The van der Waals surface area contributed by atoms with Crippen LogP contribution in [0.5, 0.6) is 0 Å². The van der Waals surface area contributed by atoms with Crippen molar-refractivity contribution in [2.75, 3.05) is 24.6 Å². The molecule has 2 amide bonds. The van der Waals surface area contributed by atoms with Crippen LogP contribution in [0, 0.1) is 5.92 Å². The minimum atomic E-state index is -3.07. The number of hydrogen-bond acceptors (Lipinski definition) is 4. The minimum Gasteiger partial charge on any atom is -0.481 e. The third-order valence-corrected chi connectivity index (χ3v) is 5.03. The fraction of sp³-hybridized carbons (Fsp3) is 0.846. The van der Waals surface area contributed by atoms with Gasteiger partial charge in [0.15, 0.2) is 9.84 Å². The number of carbonyl (C=O) groups excluding carboxylic acids is 1. The van der Waals surface area contributed by atoms with Crippen LogP contribution in [-0.4, -0.2) is 50.1 Å². The van der Waals surface area contributed by atoms with E-state index in [4.69, 9.17) is 5.11 Å². The zero-order valence-corrected chi connectivity index (χ0v) is 13.5. The van der Waals surface area contributed by atoms with Crippen molar-refractivity contribution in [1.82, 2.24) is 10.6 Å². The van der Waals surface area contributed by atoms with E-state index in [-0.39, 0.29) is 30.4 Å². The number of carboxylic acids is 1. The molecule has 0 aliphatic carbocycles. The summed E-state index contributed by atoms with van der Waals surface area (Å²) in [6.45, 7) is 4.10. The average Bonchev–Trinajstić information content (AvgIpc) is 2.42. The van der Waals surface area contributed by atoms with E-state index in [2.05, 4.69) is 10.6 Å². The van der Waals surface area contributed by atoms with Crippen molar-refractivity contribution in [3.05, 3.63) is 0 Å². The first kappa shape index (κ1) is 19.7. The lowest BCUT2D eigenvalue weighted by Gasteiger charge is -2.14. The molecule has 0 fully saturated rings. The molecule has 0 saturated carbocycles. The lowest BCUT2D eigenvalue weighted by Crippen LogP contribution is -2.39. The largest absolute Gasteiger partial charge is 0.481 e.